The zero-order valence-electron chi connectivity index (χ0n) is 11.5. The number of aromatic nitrogens is 1. The van der Waals surface area contributed by atoms with Gasteiger partial charge in [-0.3, -0.25) is 4.79 Å². The normalized spacial score (nSPS) is 10.3. The molecule has 0 aliphatic rings. The number of nitrogens with zero attached hydrogens (tertiary/aromatic N) is 1. The van der Waals surface area contributed by atoms with Crippen LogP contribution in [0, 0.1) is 0 Å². The van der Waals surface area contributed by atoms with Crippen LogP contribution in [0.2, 0.25) is 0 Å². The Hall–Kier alpha value is -2.88. The SMILES string of the molecule is COc1nc2ccccc2cc1NC(=O)c1ccccc1. The van der Waals surface area contributed by atoms with Crippen molar-refractivity contribution in [3.8, 4) is 5.88 Å². The number of nitrogens with one attached hydrogen (secondary N) is 1. The first-order valence-corrected chi connectivity index (χ1v) is 6.58. The molecule has 0 fully saturated rings. The van der Waals surface area contributed by atoms with E-state index in [4.69, 9.17) is 4.74 Å². The van der Waals surface area contributed by atoms with Gasteiger partial charge in [-0.25, -0.2) is 4.98 Å². The van der Waals surface area contributed by atoms with Crippen LogP contribution in [-0.4, -0.2) is 18.0 Å². The van der Waals surface area contributed by atoms with E-state index >= 15 is 0 Å². The fourth-order valence-electron chi connectivity index (χ4n) is 2.13. The Balaban J connectivity index is 1.98. The molecule has 0 atom stereocenters. The number of ether oxygens (including phenoxy) is 1. The number of methoxy groups -OCH3 is 1. The number of para-hydroxylation sites is 1. The molecule has 0 radical (unpaired) electrons. The van der Waals surface area contributed by atoms with Gasteiger partial charge in [0, 0.05) is 10.9 Å². The Morgan fingerprint density at radius 2 is 1.76 bits per heavy atom. The second kappa shape index (κ2) is 5.63. The summed E-state index contributed by atoms with van der Waals surface area (Å²) in [4.78, 5) is 16.6. The molecule has 0 saturated heterocycles. The highest BCUT2D eigenvalue weighted by Crippen LogP contribution is 2.27. The summed E-state index contributed by atoms with van der Waals surface area (Å²) in [6, 6.07) is 18.6. The van der Waals surface area contributed by atoms with Crippen molar-refractivity contribution in [2.24, 2.45) is 0 Å². The van der Waals surface area contributed by atoms with Gasteiger partial charge in [-0.1, -0.05) is 36.4 Å². The number of rotatable bonds is 3. The van der Waals surface area contributed by atoms with E-state index in [0.717, 1.165) is 10.9 Å². The smallest absolute Gasteiger partial charge is 0.255 e. The molecule has 0 spiro atoms. The standard InChI is InChI=1S/C17H14N2O2/c1-21-17-15(11-13-9-5-6-10-14(13)19-17)18-16(20)12-7-3-2-4-8-12/h2-11H,1H3,(H,18,20). The number of fused-ring (bicyclic) bond motifs is 1. The number of pyridine rings is 1. The molecule has 1 N–H and O–H groups in total. The summed E-state index contributed by atoms with van der Waals surface area (Å²) in [7, 11) is 1.54. The summed E-state index contributed by atoms with van der Waals surface area (Å²) in [5, 5.41) is 3.79. The number of hydrogen-bond donors (Lipinski definition) is 1. The summed E-state index contributed by atoms with van der Waals surface area (Å²) in [6.45, 7) is 0. The van der Waals surface area contributed by atoms with Gasteiger partial charge in [-0.05, 0) is 24.3 Å². The molecule has 1 amide bonds. The minimum absolute atomic E-state index is 0.189. The predicted molar refractivity (Wildman–Crippen MR) is 82.7 cm³/mol. The fourth-order valence-corrected chi connectivity index (χ4v) is 2.13. The lowest BCUT2D eigenvalue weighted by Crippen LogP contribution is -2.13. The van der Waals surface area contributed by atoms with Gasteiger partial charge in [-0.2, -0.15) is 0 Å². The maximum absolute atomic E-state index is 12.2. The van der Waals surface area contributed by atoms with Crippen LogP contribution < -0.4 is 10.1 Å². The van der Waals surface area contributed by atoms with Crippen molar-refractivity contribution >= 4 is 22.5 Å². The number of benzene rings is 2. The van der Waals surface area contributed by atoms with Crippen LogP contribution >= 0.6 is 0 Å². The molecule has 0 unspecified atom stereocenters. The highest BCUT2D eigenvalue weighted by Gasteiger charge is 2.11. The van der Waals surface area contributed by atoms with E-state index in [9.17, 15) is 4.79 Å². The molecule has 0 saturated carbocycles. The lowest BCUT2D eigenvalue weighted by atomic mass is 10.2. The monoisotopic (exact) mass is 278 g/mol. The van der Waals surface area contributed by atoms with Crippen LogP contribution in [0.1, 0.15) is 10.4 Å². The van der Waals surface area contributed by atoms with Crippen molar-refractivity contribution in [2.45, 2.75) is 0 Å². The largest absolute Gasteiger partial charge is 0.479 e. The minimum Gasteiger partial charge on any atom is -0.479 e. The van der Waals surface area contributed by atoms with E-state index in [1.54, 1.807) is 12.1 Å². The Kier molecular flexibility index (Phi) is 3.51. The van der Waals surface area contributed by atoms with Gasteiger partial charge in [0.05, 0.1) is 12.6 Å². The first-order chi connectivity index (χ1) is 10.3. The van der Waals surface area contributed by atoms with Crippen LogP contribution in [0.3, 0.4) is 0 Å². The van der Waals surface area contributed by atoms with Crippen LogP contribution in [-0.2, 0) is 0 Å². The van der Waals surface area contributed by atoms with Gasteiger partial charge in [-0.15, -0.1) is 0 Å². The second-order valence-corrected chi connectivity index (χ2v) is 4.56. The van der Waals surface area contributed by atoms with Crippen molar-refractivity contribution in [3.05, 3.63) is 66.2 Å². The Labute approximate surface area is 122 Å². The van der Waals surface area contributed by atoms with E-state index in [1.807, 2.05) is 48.5 Å². The number of amides is 1. The zero-order chi connectivity index (χ0) is 14.7. The van der Waals surface area contributed by atoms with Crippen LogP contribution in [0.4, 0.5) is 5.69 Å². The Morgan fingerprint density at radius 3 is 2.52 bits per heavy atom. The van der Waals surface area contributed by atoms with Gasteiger partial charge < -0.3 is 10.1 Å². The molecule has 21 heavy (non-hydrogen) atoms. The van der Waals surface area contributed by atoms with Crippen LogP contribution in [0.15, 0.2) is 60.7 Å². The molecule has 0 bridgehead atoms. The number of carbonyl (C=O) groups excluding carboxylic acids is 1. The van der Waals surface area contributed by atoms with Crippen molar-refractivity contribution in [2.75, 3.05) is 12.4 Å². The molecule has 2 aromatic carbocycles. The lowest BCUT2D eigenvalue weighted by molar-refractivity contribution is 0.102. The van der Waals surface area contributed by atoms with Crippen molar-refractivity contribution in [1.29, 1.82) is 0 Å². The second-order valence-electron chi connectivity index (χ2n) is 4.56. The quantitative estimate of drug-likeness (QED) is 0.797. The van der Waals surface area contributed by atoms with Crippen LogP contribution in [0.5, 0.6) is 5.88 Å². The Bertz CT molecular complexity index is 785. The molecule has 1 heterocycles. The number of carbonyl (C=O) groups is 1. The van der Waals surface area contributed by atoms with E-state index in [2.05, 4.69) is 10.3 Å². The summed E-state index contributed by atoms with van der Waals surface area (Å²) >= 11 is 0. The molecule has 0 aliphatic heterocycles. The number of anilines is 1. The zero-order valence-corrected chi connectivity index (χ0v) is 11.5. The van der Waals surface area contributed by atoms with E-state index < -0.39 is 0 Å². The molecule has 104 valence electrons. The third-order valence-corrected chi connectivity index (χ3v) is 3.17. The average Bonchev–Trinajstić information content (AvgIpc) is 2.55. The maximum atomic E-state index is 12.2. The maximum Gasteiger partial charge on any atom is 0.255 e. The summed E-state index contributed by atoms with van der Waals surface area (Å²) in [6.07, 6.45) is 0. The fraction of sp³-hybridized carbons (Fsp3) is 0.0588. The van der Waals surface area contributed by atoms with Gasteiger partial charge >= 0.3 is 0 Å². The molecule has 4 nitrogen and oxygen atoms in total. The first-order valence-electron chi connectivity index (χ1n) is 6.58. The van der Waals surface area contributed by atoms with Crippen LogP contribution in [0.25, 0.3) is 10.9 Å². The third-order valence-electron chi connectivity index (χ3n) is 3.17. The third kappa shape index (κ3) is 2.69. The topological polar surface area (TPSA) is 51.2 Å². The first kappa shape index (κ1) is 13.1. The highest BCUT2D eigenvalue weighted by molar-refractivity contribution is 6.05. The van der Waals surface area contributed by atoms with E-state index in [-0.39, 0.29) is 5.91 Å². The molecule has 3 aromatic rings. The van der Waals surface area contributed by atoms with Gasteiger partial charge in [0.15, 0.2) is 0 Å². The lowest BCUT2D eigenvalue weighted by Gasteiger charge is -2.10. The van der Waals surface area contributed by atoms with Crippen molar-refractivity contribution < 1.29 is 9.53 Å². The minimum atomic E-state index is -0.189. The molecule has 3 rings (SSSR count). The Morgan fingerprint density at radius 1 is 1.05 bits per heavy atom. The molecular weight excluding hydrogens is 264 g/mol. The average molecular weight is 278 g/mol. The van der Waals surface area contributed by atoms with Crippen molar-refractivity contribution in [3.63, 3.8) is 0 Å². The van der Waals surface area contributed by atoms with Gasteiger partial charge in [0.1, 0.15) is 5.69 Å². The summed E-state index contributed by atoms with van der Waals surface area (Å²) in [5.74, 6) is 0.212. The van der Waals surface area contributed by atoms with Gasteiger partial charge in [0.2, 0.25) is 5.88 Å². The molecule has 1 aromatic heterocycles. The van der Waals surface area contributed by atoms with Gasteiger partial charge in [0.25, 0.3) is 5.91 Å². The van der Waals surface area contributed by atoms with Crippen molar-refractivity contribution in [1.82, 2.24) is 4.98 Å². The van der Waals surface area contributed by atoms with E-state index in [0.29, 0.717) is 17.1 Å². The van der Waals surface area contributed by atoms with E-state index in [1.165, 1.54) is 7.11 Å². The summed E-state index contributed by atoms with van der Waals surface area (Å²) in [5.41, 5.74) is 1.98. The molecule has 0 aliphatic carbocycles. The number of hydrogen-bond acceptors (Lipinski definition) is 3. The summed E-state index contributed by atoms with van der Waals surface area (Å²) < 4.78 is 5.26. The highest BCUT2D eigenvalue weighted by atomic mass is 16.5. The molecule has 4 heteroatoms. The predicted octanol–water partition coefficient (Wildman–Crippen LogP) is 3.50. The molecular formula is C17H14N2O2.